The number of nitrogens with one attached hydrogen (secondary N) is 1. The van der Waals surface area contributed by atoms with Crippen LogP contribution in [-0.4, -0.2) is 41.8 Å². The van der Waals surface area contributed by atoms with Crippen LogP contribution in [0.15, 0.2) is 47.3 Å². The molecule has 0 bridgehead atoms. The lowest BCUT2D eigenvalue weighted by Gasteiger charge is -2.28. The van der Waals surface area contributed by atoms with Gasteiger partial charge < -0.3 is 16.0 Å². The molecule has 3 amide bonds. The van der Waals surface area contributed by atoms with Gasteiger partial charge in [-0.1, -0.05) is 18.2 Å². The molecule has 12 heteroatoms. The van der Waals surface area contributed by atoms with Crippen LogP contribution in [0.5, 0.6) is 0 Å². The summed E-state index contributed by atoms with van der Waals surface area (Å²) in [7, 11) is 4.23. The van der Waals surface area contributed by atoms with Crippen molar-refractivity contribution in [2.24, 2.45) is 12.8 Å². The second kappa shape index (κ2) is 10.4. The van der Waals surface area contributed by atoms with Crippen molar-refractivity contribution in [2.45, 2.75) is 19.8 Å². The number of hydrogen-bond acceptors (Lipinski definition) is 5. The summed E-state index contributed by atoms with van der Waals surface area (Å²) in [5.41, 5.74) is 3.34. The Kier molecular flexibility index (Phi) is 7.66. The SMILES string of the molecule is Cc1ccc(Nc2c(C(=O)N(C)C)c(N(C=O)c3cccc(C(F)(F)C(N)=O)c3)c(C)c(=O)n2C)c(F)c1. The van der Waals surface area contributed by atoms with Crippen LogP contribution in [0.1, 0.15) is 27.0 Å². The molecule has 1 aromatic heterocycles. The number of alkyl halides is 2. The van der Waals surface area contributed by atoms with Gasteiger partial charge in [-0.05, 0) is 43.7 Å². The highest BCUT2D eigenvalue weighted by molar-refractivity contribution is 6.08. The molecule has 0 aliphatic heterocycles. The van der Waals surface area contributed by atoms with Crippen LogP contribution >= 0.6 is 0 Å². The number of primary amides is 1. The van der Waals surface area contributed by atoms with E-state index in [2.05, 4.69) is 5.32 Å². The van der Waals surface area contributed by atoms with E-state index in [0.717, 1.165) is 21.6 Å². The molecule has 0 aliphatic carbocycles. The van der Waals surface area contributed by atoms with E-state index in [0.29, 0.717) is 5.56 Å². The fraction of sp³-hybridized carbons (Fsp3) is 0.231. The zero-order valence-corrected chi connectivity index (χ0v) is 21.3. The van der Waals surface area contributed by atoms with Crippen molar-refractivity contribution in [1.82, 2.24) is 9.47 Å². The van der Waals surface area contributed by atoms with Gasteiger partial charge in [0.1, 0.15) is 17.2 Å². The van der Waals surface area contributed by atoms with Gasteiger partial charge in [0.2, 0.25) is 6.41 Å². The van der Waals surface area contributed by atoms with Crippen molar-refractivity contribution in [1.29, 1.82) is 0 Å². The van der Waals surface area contributed by atoms with E-state index < -0.39 is 34.7 Å². The molecule has 200 valence electrons. The van der Waals surface area contributed by atoms with Crippen LogP contribution in [0.4, 0.5) is 36.1 Å². The highest BCUT2D eigenvalue weighted by atomic mass is 19.3. The molecule has 0 spiro atoms. The Morgan fingerprint density at radius 2 is 1.76 bits per heavy atom. The first-order valence-electron chi connectivity index (χ1n) is 11.2. The first kappa shape index (κ1) is 28.0. The molecular formula is C26H26F3N5O4. The maximum atomic E-state index is 14.7. The molecular weight excluding hydrogens is 503 g/mol. The number of aryl methyl sites for hydroxylation is 1. The van der Waals surface area contributed by atoms with Gasteiger partial charge in [0, 0.05) is 38.0 Å². The zero-order valence-electron chi connectivity index (χ0n) is 21.3. The first-order valence-corrected chi connectivity index (χ1v) is 11.2. The number of hydrogen-bond donors (Lipinski definition) is 2. The van der Waals surface area contributed by atoms with Crippen molar-refractivity contribution >= 4 is 41.1 Å². The summed E-state index contributed by atoms with van der Waals surface area (Å²) < 4.78 is 44.6. The minimum atomic E-state index is -4.05. The number of anilines is 4. The first-order chi connectivity index (χ1) is 17.7. The molecule has 0 saturated carbocycles. The maximum Gasteiger partial charge on any atom is 0.349 e. The van der Waals surface area contributed by atoms with Gasteiger partial charge in [-0.3, -0.25) is 28.6 Å². The number of aromatic nitrogens is 1. The molecule has 1 heterocycles. The van der Waals surface area contributed by atoms with E-state index in [1.165, 1.54) is 57.2 Å². The van der Waals surface area contributed by atoms with E-state index in [-0.39, 0.29) is 40.4 Å². The number of pyridine rings is 1. The quantitative estimate of drug-likeness (QED) is 0.434. The second-order valence-corrected chi connectivity index (χ2v) is 8.83. The Morgan fingerprint density at radius 1 is 1.11 bits per heavy atom. The molecule has 0 unspecified atom stereocenters. The van der Waals surface area contributed by atoms with Gasteiger partial charge in [0.25, 0.3) is 17.4 Å². The molecule has 38 heavy (non-hydrogen) atoms. The lowest BCUT2D eigenvalue weighted by Crippen LogP contribution is -2.34. The van der Waals surface area contributed by atoms with Crippen LogP contribution in [-0.2, 0) is 22.6 Å². The number of nitrogens with two attached hydrogens (primary N) is 1. The van der Waals surface area contributed by atoms with Crippen LogP contribution in [0.25, 0.3) is 0 Å². The summed E-state index contributed by atoms with van der Waals surface area (Å²) in [6.07, 6.45) is 0.242. The second-order valence-electron chi connectivity index (χ2n) is 8.83. The van der Waals surface area contributed by atoms with Gasteiger partial charge in [-0.15, -0.1) is 0 Å². The maximum absolute atomic E-state index is 14.7. The molecule has 0 atom stereocenters. The molecule has 0 aliphatic rings. The van der Waals surface area contributed by atoms with Crippen LogP contribution in [0, 0.1) is 19.7 Å². The predicted octanol–water partition coefficient (Wildman–Crippen LogP) is 3.46. The monoisotopic (exact) mass is 529 g/mol. The van der Waals surface area contributed by atoms with E-state index in [1.807, 2.05) is 0 Å². The standard InChI is InChI=1S/C26H26F3N5O4/c1-14-9-10-19(18(27)11-14)31-22-20(24(37)32(3)4)21(15(2)23(36)33(22)5)34(13-35)17-8-6-7-16(12-17)26(28,29)25(30)38/h6-13,31H,1-5H3,(H2,30,38). The Balaban J connectivity index is 2.37. The summed E-state index contributed by atoms with van der Waals surface area (Å²) in [6.45, 7) is 3.05. The number of carbonyl (C=O) groups is 3. The molecule has 0 radical (unpaired) electrons. The Morgan fingerprint density at radius 3 is 2.32 bits per heavy atom. The summed E-state index contributed by atoms with van der Waals surface area (Å²) in [4.78, 5) is 52.4. The normalized spacial score (nSPS) is 11.2. The van der Waals surface area contributed by atoms with Gasteiger partial charge in [-0.25, -0.2) is 4.39 Å². The van der Waals surface area contributed by atoms with E-state index in [1.54, 1.807) is 13.0 Å². The largest absolute Gasteiger partial charge is 0.364 e. The number of rotatable bonds is 8. The van der Waals surface area contributed by atoms with Gasteiger partial charge >= 0.3 is 5.92 Å². The molecule has 2 aromatic carbocycles. The number of nitrogens with zero attached hydrogens (tertiary/aromatic N) is 3. The molecule has 3 rings (SSSR count). The number of benzene rings is 2. The predicted molar refractivity (Wildman–Crippen MR) is 137 cm³/mol. The fourth-order valence-electron chi connectivity index (χ4n) is 3.88. The van der Waals surface area contributed by atoms with E-state index >= 15 is 0 Å². The molecule has 3 N–H and O–H groups in total. The van der Waals surface area contributed by atoms with E-state index in [9.17, 15) is 32.3 Å². The minimum Gasteiger partial charge on any atom is -0.364 e. The van der Waals surface area contributed by atoms with Crippen molar-refractivity contribution in [3.05, 3.63) is 80.9 Å². The van der Waals surface area contributed by atoms with Gasteiger partial charge in [0.15, 0.2) is 0 Å². The van der Waals surface area contributed by atoms with E-state index in [4.69, 9.17) is 5.73 Å². The number of amides is 3. The zero-order chi connectivity index (χ0) is 28.5. The highest BCUT2D eigenvalue weighted by Crippen LogP contribution is 2.37. The van der Waals surface area contributed by atoms with Crippen molar-refractivity contribution in [2.75, 3.05) is 24.3 Å². The summed E-state index contributed by atoms with van der Waals surface area (Å²) in [5.74, 6) is -7.41. The minimum absolute atomic E-state index is 0.0473. The van der Waals surface area contributed by atoms with Gasteiger partial charge in [-0.2, -0.15) is 8.78 Å². The third-order valence-corrected chi connectivity index (χ3v) is 5.93. The molecule has 0 saturated heterocycles. The fourth-order valence-corrected chi connectivity index (χ4v) is 3.88. The third-order valence-electron chi connectivity index (χ3n) is 5.93. The molecule has 0 fully saturated rings. The number of halogens is 3. The van der Waals surface area contributed by atoms with Crippen LogP contribution < -0.4 is 21.5 Å². The summed E-state index contributed by atoms with van der Waals surface area (Å²) in [6, 6.07) is 8.55. The van der Waals surface area contributed by atoms with Crippen LogP contribution in [0.2, 0.25) is 0 Å². The molecule has 9 nitrogen and oxygen atoms in total. The Hall–Kier alpha value is -4.61. The Labute approximate surface area is 216 Å². The van der Waals surface area contributed by atoms with Gasteiger partial charge in [0.05, 0.1) is 11.4 Å². The average molecular weight is 530 g/mol. The molecule has 3 aromatic rings. The number of carbonyl (C=O) groups excluding carboxylic acids is 3. The van der Waals surface area contributed by atoms with Crippen molar-refractivity contribution in [3.63, 3.8) is 0 Å². The summed E-state index contributed by atoms with van der Waals surface area (Å²) in [5, 5.41) is 2.78. The lowest BCUT2D eigenvalue weighted by molar-refractivity contribution is -0.143. The average Bonchev–Trinajstić information content (AvgIpc) is 2.86. The van der Waals surface area contributed by atoms with Crippen LogP contribution in [0.3, 0.4) is 0 Å². The smallest absolute Gasteiger partial charge is 0.349 e. The van der Waals surface area contributed by atoms with Crippen molar-refractivity contribution < 1.29 is 27.6 Å². The topological polar surface area (TPSA) is 118 Å². The highest BCUT2D eigenvalue weighted by Gasteiger charge is 2.39. The summed E-state index contributed by atoms with van der Waals surface area (Å²) >= 11 is 0. The Bertz CT molecular complexity index is 1500. The lowest BCUT2D eigenvalue weighted by atomic mass is 10.0. The third kappa shape index (κ3) is 4.97. The van der Waals surface area contributed by atoms with Crippen molar-refractivity contribution in [3.8, 4) is 0 Å².